The molecule has 0 aliphatic carbocycles. The maximum absolute atomic E-state index is 7.48. The summed E-state index contributed by atoms with van der Waals surface area (Å²) in [6.07, 6.45) is 1.61. The van der Waals surface area contributed by atoms with Crippen molar-refractivity contribution in [1.82, 2.24) is 4.98 Å². The normalized spacial score (nSPS) is 12.2. The first-order chi connectivity index (χ1) is 8.52. The molecular formula is C12H19ClN4O. The van der Waals surface area contributed by atoms with Crippen LogP contribution in [0.25, 0.3) is 0 Å². The molecule has 0 bridgehead atoms. The number of nitrogens with one attached hydrogen (secondary N) is 1. The lowest BCUT2D eigenvalue weighted by Crippen LogP contribution is -2.37. The number of rotatable bonds is 6. The van der Waals surface area contributed by atoms with Crippen molar-refractivity contribution in [1.29, 1.82) is 5.41 Å². The van der Waals surface area contributed by atoms with Crippen molar-refractivity contribution in [2.75, 3.05) is 25.2 Å². The van der Waals surface area contributed by atoms with Gasteiger partial charge in [-0.15, -0.1) is 0 Å². The van der Waals surface area contributed by atoms with Gasteiger partial charge in [0.05, 0.1) is 17.7 Å². The van der Waals surface area contributed by atoms with Crippen LogP contribution in [0.2, 0.25) is 5.02 Å². The number of hydrogen-bond acceptors (Lipinski definition) is 4. The molecule has 0 aliphatic heterocycles. The molecule has 0 saturated heterocycles. The van der Waals surface area contributed by atoms with Crippen LogP contribution < -0.4 is 10.6 Å². The molecule has 0 aromatic carbocycles. The summed E-state index contributed by atoms with van der Waals surface area (Å²) in [4.78, 5) is 6.31. The number of likely N-dealkylation sites (N-methyl/N-ethyl adjacent to an activating group) is 1. The number of ether oxygens (including phenoxy) is 1. The Balaban J connectivity index is 3.14. The summed E-state index contributed by atoms with van der Waals surface area (Å²) in [7, 11) is 1.66. The van der Waals surface area contributed by atoms with E-state index in [0.29, 0.717) is 23.0 Å². The maximum Gasteiger partial charge on any atom is 0.148 e. The van der Waals surface area contributed by atoms with E-state index in [-0.39, 0.29) is 11.9 Å². The molecule has 0 radical (unpaired) electrons. The maximum atomic E-state index is 7.48. The van der Waals surface area contributed by atoms with Gasteiger partial charge < -0.3 is 15.4 Å². The molecule has 5 nitrogen and oxygen atoms in total. The number of aromatic nitrogens is 1. The molecule has 1 aromatic rings. The standard InChI is InChI=1S/C12H19ClN4O/c1-4-17(8(2)7-18-3)12-10(13)9(11(14)15)5-6-16-12/h5-6,8H,4,7H2,1-3H3,(H3,14,15). The van der Waals surface area contributed by atoms with Crippen LogP contribution >= 0.6 is 11.6 Å². The SMILES string of the molecule is CCN(c1nccc(C(=N)N)c1Cl)C(C)COC. The zero-order valence-electron chi connectivity index (χ0n) is 10.9. The van der Waals surface area contributed by atoms with Crippen LogP contribution in [-0.4, -0.2) is 37.1 Å². The third kappa shape index (κ3) is 3.11. The number of nitrogens with zero attached hydrogens (tertiary/aromatic N) is 2. The Bertz CT molecular complexity index is 425. The molecule has 0 fully saturated rings. The largest absolute Gasteiger partial charge is 0.384 e. The topological polar surface area (TPSA) is 75.2 Å². The third-order valence-electron chi connectivity index (χ3n) is 2.71. The van der Waals surface area contributed by atoms with E-state index in [2.05, 4.69) is 4.98 Å². The van der Waals surface area contributed by atoms with Gasteiger partial charge in [0.2, 0.25) is 0 Å². The second-order valence-electron chi connectivity index (χ2n) is 4.00. The van der Waals surface area contributed by atoms with Crippen LogP contribution in [0.15, 0.2) is 12.3 Å². The van der Waals surface area contributed by atoms with Crippen LogP contribution in [0.1, 0.15) is 19.4 Å². The molecule has 1 heterocycles. The molecule has 18 heavy (non-hydrogen) atoms. The third-order valence-corrected chi connectivity index (χ3v) is 3.09. The first-order valence-electron chi connectivity index (χ1n) is 5.77. The summed E-state index contributed by atoms with van der Waals surface area (Å²) in [5.41, 5.74) is 5.99. The number of methoxy groups -OCH3 is 1. The van der Waals surface area contributed by atoms with Gasteiger partial charge in [0.15, 0.2) is 0 Å². The predicted octanol–water partition coefficient (Wildman–Crippen LogP) is 1.88. The quantitative estimate of drug-likeness (QED) is 0.611. The first-order valence-corrected chi connectivity index (χ1v) is 6.15. The minimum atomic E-state index is -0.0564. The Labute approximate surface area is 112 Å². The van der Waals surface area contributed by atoms with Gasteiger partial charge in [-0.05, 0) is 19.9 Å². The van der Waals surface area contributed by atoms with Crippen molar-refractivity contribution in [3.63, 3.8) is 0 Å². The molecule has 0 amide bonds. The van der Waals surface area contributed by atoms with Gasteiger partial charge in [-0.1, -0.05) is 11.6 Å². The molecule has 0 aliphatic rings. The van der Waals surface area contributed by atoms with Crippen molar-refractivity contribution in [2.45, 2.75) is 19.9 Å². The molecule has 1 unspecified atom stereocenters. The van der Waals surface area contributed by atoms with Gasteiger partial charge in [-0.3, -0.25) is 5.41 Å². The molecular weight excluding hydrogens is 252 g/mol. The lowest BCUT2D eigenvalue weighted by molar-refractivity contribution is 0.181. The summed E-state index contributed by atoms with van der Waals surface area (Å²) in [6, 6.07) is 1.79. The van der Waals surface area contributed by atoms with Gasteiger partial charge >= 0.3 is 0 Å². The van der Waals surface area contributed by atoms with Crippen molar-refractivity contribution in [3.05, 3.63) is 22.8 Å². The van der Waals surface area contributed by atoms with E-state index >= 15 is 0 Å². The van der Waals surface area contributed by atoms with Gasteiger partial charge in [0.1, 0.15) is 11.7 Å². The second-order valence-corrected chi connectivity index (χ2v) is 4.38. The Morgan fingerprint density at radius 3 is 2.83 bits per heavy atom. The van der Waals surface area contributed by atoms with E-state index in [9.17, 15) is 0 Å². The Hall–Kier alpha value is -1.33. The lowest BCUT2D eigenvalue weighted by atomic mass is 10.2. The number of anilines is 1. The fourth-order valence-corrected chi connectivity index (χ4v) is 2.16. The first kappa shape index (κ1) is 14.7. The van der Waals surface area contributed by atoms with E-state index < -0.39 is 0 Å². The molecule has 6 heteroatoms. The minimum absolute atomic E-state index is 0.0564. The zero-order valence-corrected chi connectivity index (χ0v) is 11.7. The van der Waals surface area contributed by atoms with E-state index in [4.69, 9.17) is 27.5 Å². The van der Waals surface area contributed by atoms with Crippen LogP contribution in [0.4, 0.5) is 5.82 Å². The number of pyridine rings is 1. The van der Waals surface area contributed by atoms with Crippen molar-refractivity contribution < 1.29 is 4.74 Å². The van der Waals surface area contributed by atoms with Crippen LogP contribution in [0.3, 0.4) is 0 Å². The summed E-state index contributed by atoms with van der Waals surface area (Å²) in [6.45, 7) is 5.38. The zero-order chi connectivity index (χ0) is 13.7. The molecule has 0 saturated carbocycles. The molecule has 100 valence electrons. The summed E-state index contributed by atoms with van der Waals surface area (Å²) in [5.74, 6) is 0.579. The average Bonchev–Trinajstić information content (AvgIpc) is 2.32. The van der Waals surface area contributed by atoms with E-state index in [1.54, 1.807) is 19.4 Å². The number of nitrogen functional groups attached to an aromatic ring is 1. The molecule has 1 aromatic heterocycles. The van der Waals surface area contributed by atoms with E-state index in [0.717, 1.165) is 6.54 Å². The van der Waals surface area contributed by atoms with Gasteiger partial charge in [0, 0.05) is 25.4 Å². The highest BCUT2D eigenvalue weighted by Gasteiger charge is 2.19. The summed E-state index contributed by atoms with van der Waals surface area (Å²) in [5, 5.41) is 7.89. The van der Waals surface area contributed by atoms with Crippen LogP contribution in [0.5, 0.6) is 0 Å². The van der Waals surface area contributed by atoms with Gasteiger partial charge in [0.25, 0.3) is 0 Å². The Morgan fingerprint density at radius 2 is 2.33 bits per heavy atom. The van der Waals surface area contributed by atoms with E-state index in [1.165, 1.54) is 0 Å². The lowest BCUT2D eigenvalue weighted by Gasteiger charge is -2.29. The highest BCUT2D eigenvalue weighted by molar-refractivity contribution is 6.36. The minimum Gasteiger partial charge on any atom is -0.384 e. The fraction of sp³-hybridized carbons (Fsp3) is 0.500. The van der Waals surface area contributed by atoms with Gasteiger partial charge in [-0.25, -0.2) is 4.98 Å². The van der Waals surface area contributed by atoms with E-state index in [1.807, 2.05) is 18.7 Å². The Kier molecular flexibility index (Phi) is 5.37. The van der Waals surface area contributed by atoms with Crippen LogP contribution in [-0.2, 0) is 4.74 Å². The monoisotopic (exact) mass is 270 g/mol. The number of hydrogen-bond donors (Lipinski definition) is 2. The molecule has 1 rings (SSSR count). The van der Waals surface area contributed by atoms with Crippen LogP contribution in [0, 0.1) is 5.41 Å². The second kappa shape index (κ2) is 6.56. The van der Waals surface area contributed by atoms with Gasteiger partial charge in [-0.2, -0.15) is 0 Å². The number of halogens is 1. The Morgan fingerprint density at radius 1 is 1.67 bits per heavy atom. The average molecular weight is 271 g/mol. The highest BCUT2D eigenvalue weighted by atomic mass is 35.5. The summed E-state index contributed by atoms with van der Waals surface area (Å²) >= 11 is 6.26. The smallest absolute Gasteiger partial charge is 0.148 e. The fourth-order valence-electron chi connectivity index (χ4n) is 1.84. The molecule has 0 spiro atoms. The number of amidine groups is 1. The number of nitrogens with two attached hydrogens (primary N) is 1. The predicted molar refractivity (Wildman–Crippen MR) is 74.6 cm³/mol. The highest BCUT2D eigenvalue weighted by Crippen LogP contribution is 2.27. The molecule has 3 N–H and O–H groups in total. The van der Waals surface area contributed by atoms with Crippen molar-refractivity contribution in [2.24, 2.45) is 5.73 Å². The molecule has 1 atom stereocenters. The van der Waals surface area contributed by atoms with Crippen molar-refractivity contribution >= 4 is 23.3 Å². The van der Waals surface area contributed by atoms with Crippen molar-refractivity contribution in [3.8, 4) is 0 Å². The summed E-state index contributed by atoms with van der Waals surface area (Å²) < 4.78 is 5.15.